The Morgan fingerprint density at radius 3 is 2.95 bits per heavy atom. The second-order valence-corrected chi connectivity index (χ2v) is 4.68. The Morgan fingerprint density at radius 2 is 2.32 bits per heavy atom. The quantitative estimate of drug-likeness (QED) is 0.892. The van der Waals surface area contributed by atoms with Gasteiger partial charge in [0.05, 0.1) is 12.0 Å². The molecule has 0 radical (unpaired) electrons. The van der Waals surface area contributed by atoms with Gasteiger partial charge in [0.2, 0.25) is 5.91 Å². The number of nitrogens with one attached hydrogen (secondary N) is 2. The van der Waals surface area contributed by atoms with E-state index in [4.69, 9.17) is 4.74 Å². The Hall–Kier alpha value is -1.10. The molecule has 0 saturated carbocycles. The molecule has 0 aliphatic carbocycles. The van der Waals surface area contributed by atoms with Crippen molar-refractivity contribution >= 4 is 24.0 Å². The minimum Gasteiger partial charge on any atom is -0.377 e. The lowest BCUT2D eigenvalue weighted by Gasteiger charge is -2.13. The van der Waals surface area contributed by atoms with Crippen molar-refractivity contribution in [3.63, 3.8) is 0 Å². The molecule has 1 saturated heterocycles. The Morgan fingerprint density at radius 1 is 1.53 bits per heavy atom. The molecule has 1 aliphatic heterocycles. The fraction of sp³-hybridized carbons (Fsp3) is 0.500. The Kier molecular flexibility index (Phi) is 6.28. The third-order valence-corrected chi connectivity index (χ3v) is 3.41. The van der Waals surface area contributed by atoms with Crippen molar-refractivity contribution in [3.8, 4) is 0 Å². The van der Waals surface area contributed by atoms with Gasteiger partial charge < -0.3 is 15.4 Å². The van der Waals surface area contributed by atoms with Gasteiger partial charge in [0.15, 0.2) is 0 Å². The van der Waals surface area contributed by atoms with Crippen LogP contribution in [-0.4, -0.2) is 26.1 Å². The number of anilines is 1. The first-order valence-electron chi connectivity index (χ1n) is 6.35. The molecule has 19 heavy (non-hydrogen) atoms. The van der Waals surface area contributed by atoms with Crippen LogP contribution in [0.5, 0.6) is 0 Å². The summed E-state index contributed by atoms with van der Waals surface area (Å²) in [5.74, 6) is 0.190. The van der Waals surface area contributed by atoms with Crippen LogP contribution in [0.25, 0.3) is 0 Å². The summed E-state index contributed by atoms with van der Waals surface area (Å²) in [5, 5.41) is 6.17. The van der Waals surface area contributed by atoms with E-state index in [9.17, 15) is 4.79 Å². The topological polar surface area (TPSA) is 50.4 Å². The molecular formula is C14H21ClN2O2. The van der Waals surface area contributed by atoms with Crippen LogP contribution >= 0.6 is 12.4 Å². The summed E-state index contributed by atoms with van der Waals surface area (Å²) < 4.78 is 5.27. The van der Waals surface area contributed by atoms with Crippen molar-refractivity contribution in [2.45, 2.75) is 19.4 Å². The van der Waals surface area contributed by atoms with E-state index in [1.165, 1.54) is 0 Å². The monoisotopic (exact) mass is 284 g/mol. The maximum atomic E-state index is 12.0. The van der Waals surface area contributed by atoms with Crippen molar-refractivity contribution < 1.29 is 9.53 Å². The molecule has 1 amide bonds. The molecule has 1 fully saturated rings. The largest absolute Gasteiger partial charge is 0.377 e. The molecule has 106 valence electrons. The number of benzene rings is 1. The van der Waals surface area contributed by atoms with Crippen molar-refractivity contribution in [2.24, 2.45) is 5.92 Å². The molecule has 1 aliphatic rings. The highest BCUT2D eigenvalue weighted by atomic mass is 35.5. The molecule has 5 heteroatoms. The summed E-state index contributed by atoms with van der Waals surface area (Å²) in [6, 6.07) is 7.81. The van der Waals surface area contributed by atoms with Gasteiger partial charge in [0.1, 0.15) is 0 Å². The van der Waals surface area contributed by atoms with E-state index in [-0.39, 0.29) is 30.3 Å². The van der Waals surface area contributed by atoms with Crippen LogP contribution in [-0.2, 0) is 9.53 Å². The van der Waals surface area contributed by atoms with Crippen molar-refractivity contribution in [2.75, 3.05) is 25.5 Å². The second-order valence-electron chi connectivity index (χ2n) is 4.68. The van der Waals surface area contributed by atoms with E-state index in [0.29, 0.717) is 0 Å². The van der Waals surface area contributed by atoms with Gasteiger partial charge in [-0.25, -0.2) is 0 Å². The van der Waals surface area contributed by atoms with Crippen LogP contribution in [0, 0.1) is 5.92 Å². The molecule has 0 bridgehead atoms. The van der Waals surface area contributed by atoms with Crippen LogP contribution in [0.3, 0.4) is 0 Å². The summed E-state index contributed by atoms with van der Waals surface area (Å²) in [7, 11) is 1.68. The van der Waals surface area contributed by atoms with Crippen LogP contribution in [0.2, 0.25) is 0 Å². The molecular weight excluding hydrogens is 264 g/mol. The van der Waals surface area contributed by atoms with Gasteiger partial charge in [0.25, 0.3) is 0 Å². The number of carbonyl (C=O) groups excluding carboxylic acids is 1. The molecule has 2 rings (SSSR count). The first-order chi connectivity index (χ1) is 8.70. The van der Waals surface area contributed by atoms with E-state index < -0.39 is 0 Å². The van der Waals surface area contributed by atoms with Crippen LogP contribution < -0.4 is 10.6 Å². The van der Waals surface area contributed by atoms with Crippen LogP contribution in [0.1, 0.15) is 25.0 Å². The van der Waals surface area contributed by atoms with Gasteiger partial charge >= 0.3 is 0 Å². The second kappa shape index (κ2) is 7.48. The molecule has 4 nitrogen and oxygen atoms in total. The number of rotatable bonds is 4. The summed E-state index contributed by atoms with van der Waals surface area (Å²) in [4.78, 5) is 12.0. The highest BCUT2D eigenvalue weighted by Crippen LogP contribution is 2.20. The smallest absolute Gasteiger partial charge is 0.228 e. The number of carbonyl (C=O) groups is 1. The van der Waals surface area contributed by atoms with Gasteiger partial charge in [-0.05, 0) is 37.6 Å². The van der Waals surface area contributed by atoms with E-state index in [0.717, 1.165) is 30.8 Å². The maximum absolute atomic E-state index is 12.0. The van der Waals surface area contributed by atoms with Gasteiger partial charge in [-0.1, -0.05) is 12.1 Å². The number of halogens is 1. The summed E-state index contributed by atoms with van der Waals surface area (Å²) in [6.07, 6.45) is 0.954. The van der Waals surface area contributed by atoms with Gasteiger partial charge in [-0.15, -0.1) is 12.4 Å². The first kappa shape index (κ1) is 16.0. The first-order valence-corrected chi connectivity index (χ1v) is 6.35. The molecule has 2 N–H and O–H groups in total. The third kappa shape index (κ3) is 4.20. The average molecular weight is 285 g/mol. The highest BCUT2D eigenvalue weighted by molar-refractivity contribution is 5.93. The normalized spacial score (nSPS) is 19.6. The van der Waals surface area contributed by atoms with Crippen LogP contribution in [0.15, 0.2) is 24.3 Å². The highest BCUT2D eigenvalue weighted by Gasteiger charge is 2.22. The zero-order valence-electron chi connectivity index (χ0n) is 11.3. The standard InChI is InChI=1S/C14H20N2O2.ClH/c1-10(18-2)11-4-3-5-13(8-11)16-14(17)12-6-7-15-9-12;/h3-5,8,10,12,15H,6-7,9H2,1-2H3,(H,16,17);1H. The Labute approximate surface area is 120 Å². The predicted octanol–water partition coefficient (Wildman–Crippen LogP) is 2.36. The summed E-state index contributed by atoms with van der Waals surface area (Å²) in [6.45, 7) is 3.70. The molecule has 1 aromatic rings. The molecule has 0 spiro atoms. The molecule has 2 atom stereocenters. The number of ether oxygens (including phenoxy) is 1. The number of amides is 1. The lowest BCUT2D eigenvalue weighted by Crippen LogP contribution is -2.24. The zero-order valence-corrected chi connectivity index (χ0v) is 12.1. The van der Waals surface area contributed by atoms with Crippen LogP contribution in [0.4, 0.5) is 5.69 Å². The van der Waals surface area contributed by atoms with E-state index >= 15 is 0 Å². The maximum Gasteiger partial charge on any atom is 0.228 e. The molecule has 0 aromatic heterocycles. The van der Waals surface area contributed by atoms with E-state index in [1.807, 2.05) is 31.2 Å². The van der Waals surface area contributed by atoms with E-state index in [1.54, 1.807) is 7.11 Å². The third-order valence-electron chi connectivity index (χ3n) is 3.41. The lowest BCUT2D eigenvalue weighted by atomic mass is 10.1. The van der Waals surface area contributed by atoms with Gasteiger partial charge in [-0.3, -0.25) is 4.79 Å². The Balaban J connectivity index is 0.00000180. The van der Waals surface area contributed by atoms with Crippen molar-refractivity contribution in [1.82, 2.24) is 5.32 Å². The van der Waals surface area contributed by atoms with Crippen molar-refractivity contribution in [3.05, 3.63) is 29.8 Å². The van der Waals surface area contributed by atoms with Gasteiger partial charge in [-0.2, -0.15) is 0 Å². The zero-order chi connectivity index (χ0) is 13.0. The summed E-state index contributed by atoms with van der Waals surface area (Å²) in [5.41, 5.74) is 1.91. The van der Waals surface area contributed by atoms with Gasteiger partial charge in [0, 0.05) is 19.3 Å². The van der Waals surface area contributed by atoms with E-state index in [2.05, 4.69) is 10.6 Å². The molecule has 1 aromatic carbocycles. The average Bonchev–Trinajstić information content (AvgIpc) is 2.92. The fourth-order valence-electron chi connectivity index (χ4n) is 2.13. The van der Waals surface area contributed by atoms with Crippen molar-refractivity contribution in [1.29, 1.82) is 0 Å². The fourth-order valence-corrected chi connectivity index (χ4v) is 2.13. The minimum absolute atomic E-state index is 0. The number of hydrogen-bond donors (Lipinski definition) is 2. The summed E-state index contributed by atoms with van der Waals surface area (Å²) >= 11 is 0. The molecule has 2 unspecified atom stereocenters. The predicted molar refractivity (Wildman–Crippen MR) is 78.7 cm³/mol. The lowest BCUT2D eigenvalue weighted by molar-refractivity contribution is -0.119. The number of methoxy groups -OCH3 is 1. The number of hydrogen-bond acceptors (Lipinski definition) is 3. The SMILES string of the molecule is COC(C)c1cccc(NC(=O)C2CCNC2)c1.Cl. The Bertz CT molecular complexity index is 420. The minimum atomic E-state index is 0. The molecule has 1 heterocycles.